The van der Waals surface area contributed by atoms with E-state index in [4.69, 9.17) is 16.3 Å². The molecule has 0 spiro atoms. The highest BCUT2D eigenvalue weighted by atomic mass is 35.5. The Balaban J connectivity index is 1.50. The zero-order valence-electron chi connectivity index (χ0n) is 19.6. The summed E-state index contributed by atoms with van der Waals surface area (Å²) >= 11 is 6.06. The normalized spacial score (nSPS) is 14.2. The average molecular weight is 482 g/mol. The Bertz CT molecular complexity index is 1150. The second-order valence-electron chi connectivity index (χ2n) is 9.16. The minimum Gasteiger partial charge on any atom is -0.444 e. The molecule has 1 fully saturated rings. The molecule has 1 saturated heterocycles. The second kappa shape index (κ2) is 9.85. The Kier molecular flexibility index (Phi) is 6.88. The first-order valence-electron chi connectivity index (χ1n) is 11.2. The molecule has 3 heterocycles. The number of rotatable bonds is 4. The summed E-state index contributed by atoms with van der Waals surface area (Å²) in [5.41, 5.74) is 2.89. The van der Waals surface area contributed by atoms with Crippen molar-refractivity contribution in [3.05, 3.63) is 60.1 Å². The largest absolute Gasteiger partial charge is 0.444 e. The van der Waals surface area contributed by atoms with Crippen LogP contribution in [0.15, 0.2) is 55.1 Å². The molecule has 8 nitrogen and oxygen atoms in total. The number of hydrogen-bond donors (Lipinski definition) is 0. The number of hydrogen-bond acceptors (Lipinski definition) is 5. The summed E-state index contributed by atoms with van der Waals surface area (Å²) in [5, 5.41) is 0.648. The summed E-state index contributed by atoms with van der Waals surface area (Å²) in [6, 6.07) is 11.3. The maximum atomic E-state index is 13.2. The number of carbonyl (C=O) groups is 2. The van der Waals surface area contributed by atoms with Gasteiger partial charge in [0.2, 0.25) is 5.91 Å². The van der Waals surface area contributed by atoms with Crippen LogP contribution in [0.3, 0.4) is 0 Å². The molecule has 0 aliphatic carbocycles. The lowest BCUT2D eigenvalue weighted by Gasteiger charge is -2.35. The van der Waals surface area contributed by atoms with Gasteiger partial charge in [-0.05, 0) is 45.0 Å². The van der Waals surface area contributed by atoms with Gasteiger partial charge >= 0.3 is 6.09 Å². The fourth-order valence-corrected chi connectivity index (χ4v) is 3.97. The van der Waals surface area contributed by atoms with Crippen LogP contribution in [-0.2, 0) is 16.1 Å². The molecule has 1 aliphatic rings. The third-order valence-electron chi connectivity index (χ3n) is 5.50. The monoisotopic (exact) mass is 481 g/mol. The number of benzene rings is 1. The molecule has 0 saturated carbocycles. The van der Waals surface area contributed by atoms with Crippen LogP contribution in [0.2, 0.25) is 5.02 Å². The summed E-state index contributed by atoms with van der Waals surface area (Å²) in [5.74, 6) is -0.0285. The Morgan fingerprint density at radius 3 is 2.18 bits per heavy atom. The lowest BCUT2D eigenvalue weighted by molar-refractivity contribution is -0.133. The first-order valence-corrected chi connectivity index (χ1v) is 11.6. The van der Waals surface area contributed by atoms with E-state index >= 15 is 0 Å². The first-order chi connectivity index (χ1) is 16.2. The lowest BCUT2D eigenvalue weighted by Crippen LogP contribution is -2.52. The minimum atomic E-state index is -0.545. The van der Waals surface area contributed by atoms with Crippen LogP contribution in [0, 0.1) is 0 Å². The fourth-order valence-electron chi connectivity index (χ4n) is 3.84. The highest BCUT2D eigenvalue weighted by Gasteiger charge is 2.28. The summed E-state index contributed by atoms with van der Waals surface area (Å²) in [4.78, 5) is 37.6. The highest BCUT2D eigenvalue weighted by Crippen LogP contribution is 2.31. The van der Waals surface area contributed by atoms with Crippen LogP contribution in [0.5, 0.6) is 0 Å². The molecule has 3 aromatic rings. The maximum Gasteiger partial charge on any atom is 0.410 e. The summed E-state index contributed by atoms with van der Waals surface area (Å²) in [6.07, 6.45) is 4.78. The molecule has 2 amide bonds. The number of imidazole rings is 1. The first kappa shape index (κ1) is 23.8. The molecule has 0 radical (unpaired) electrons. The predicted octanol–water partition coefficient (Wildman–Crippen LogP) is 4.34. The van der Waals surface area contributed by atoms with Crippen molar-refractivity contribution in [1.29, 1.82) is 0 Å². The molecular weight excluding hydrogens is 454 g/mol. The minimum absolute atomic E-state index is 0.0285. The third kappa shape index (κ3) is 5.56. The molecule has 0 bridgehead atoms. The number of carbonyl (C=O) groups excluding carboxylic acids is 2. The number of halogens is 1. The van der Waals surface area contributed by atoms with E-state index in [9.17, 15) is 9.59 Å². The molecule has 4 rings (SSSR count). The van der Waals surface area contributed by atoms with Gasteiger partial charge in [-0.15, -0.1) is 0 Å². The van der Waals surface area contributed by atoms with Crippen molar-refractivity contribution >= 4 is 23.6 Å². The number of piperazine rings is 1. The van der Waals surface area contributed by atoms with E-state index in [2.05, 4.69) is 9.97 Å². The summed E-state index contributed by atoms with van der Waals surface area (Å²) < 4.78 is 7.31. The van der Waals surface area contributed by atoms with Gasteiger partial charge in [-0.3, -0.25) is 9.78 Å². The maximum absolute atomic E-state index is 13.2. The molecule has 34 heavy (non-hydrogen) atoms. The molecule has 2 aromatic heterocycles. The Labute approximate surface area is 204 Å². The SMILES string of the molecule is CC(C)(C)OC(=O)N1CCN(C(=O)Cn2cnc(-c3ccc(Cl)cc3)c2-c2ccncc2)CC1. The van der Waals surface area contributed by atoms with Gasteiger partial charge in [0.15, 0.2) is 0 Å². The van der Waals surface area contributed by atoms with Gasteiger partial charge in [0.05, 0.1) is 17.7 Å². The summed E-state index contributed by atoms with van der Waals surface area (Å²) in [7, 11) is 0. The van der Waals surface area contributed by atoms with Crippen LogP contribution < -0.4 is 0 Å². The van der Waals surface area contributed by atoms with Gasteiger partial charge in [-0.2, -0.15) is 0 Å². The molecular formula is C25H28ClN5O3. The number of nitrogens with zero attached hydrogens (tertiary/aromatic N) is 5. The van der Waals surface area contributed by atoms with Crippen molar-refractivity contribution in [3.8, 4) is 22.5 Å². The Morgan fingerprint density at radius 1 is 0.941 bits per heavy atom. The number of amides is 2. The Morgan fingerprint density at radius 2 is 1.56 bits per heavy atom. The van der Waals surface area contributed by atoms with E-state index in [1.54, 1.807) is 28.5 Å². The summed E-state index contributed by atoms with van der Waals surface area (Å²) in [6.45, 7) is 7.47. The van der Waals surface area contributed by atoms with Crippen LogP contribution >= 0.6 is 11.6 Å². The van der Waals surface area contributed by atoms with Crippen LogP contribution in [0.4, 0.5) is 4.79 Å². The van der Waals surface area contributed by atoms with Crippen molar-refractivity contribution < 1.29 is 14.3 Å². The highest BCUT2D eigenvalue weighted by molar-refractivity contribution is 6.30. The second-order valence-corrected chi connectivity index (χ2v) is 9.60. The number of ether oxygens (including phenoxy) is 1. The Hall–Kier alpha value is -3.39. The molecule has 1 aliphatic heterocycles. The van der Waals surface area contributed by atoms with Crippen molar-refractivity contribution in [2.75, 3.05) is 26.2 Å². The van der Waals surface area contributed by atoms with Gasteiger partial charge in [-0.1, -0.05) is 23.7 Å². The third-order valence-corrected chi connectivity index (χ3v) is 5.75. The van der Waals surface area contributed by atoms with Gasteiger partial charge in [-0.25, -0.2) is 9.78 Å². The van der Waals surface area contributed by atoms with Gasteiger partial charge in [0.25, 0.3) is 0 Å². The average Bonchev–Trinajstić information content (AvgIpc) is 3.22. The van der Waals surface area contributed by atoms with E-state index in [1.165, 1.54) is 0 Å². The predicted molar refractivity (Wildman–Crippen MR) is 130 cm³/mol. The van der Waals surface area contributed by atoms with E-state index < -0.39 is 5.60 Å². The lowest BCUT2D eigenvalue weighted by atomic mass is 10.1. The zero-order chi connectivity index (χ0) is 24.3. The van der Waals surface area contributed by atoms with Crippen molar-refractivity contribution in [2.24, 2.45) is 0 Å². The molecule has 0 N–H and O–H groups in total. The molecule has 9 heteroatoms. The van der Waals surface area contributed by atoms with E-state index in [1.807, 2.05) is 61.7 Å². The van der Waals surface area contributed by atoms with Crippen LogP contribution in [0.1, 0.15) is 20.8 Å². The molecule has 1 aromatic carbocycles. The molecule has 178 valence electrons. The van der Waals surface area contributed by atoms with E-state index in [0.717, 1.165) is 22.5 Å². The molecule has 0 atom stereocenters. The molecule has 0 unspecified atom stereocenters. The van der Waals surface area contributed by atoms with Gasteiger partial charge < -0.3 is 19.1 Å². The van der Waals surface area contributed by atoms with Crippen LogP contribution in [0.25, 0.3) is 22.5 Å². The number of aromatic nitrogens is 3. The van der Waals surface area contributed by atoms with E-state index in [-0.39, 0.29) is 18.5 Å². The van der Waals surface area contributed by atoms with Crippen molar-refractivity contribution in [1.82, 2.24) is 24.3 Å². The quantitative estimate of drug-likeness (QED) is 0.553. The zero-order valence-corrected chi connectivity index (χ0v) is 20.3. The smallest absolute Gasteiger partial charge is 0.410 e. The topological polar surface area (TPSA) is 80.6 Å². The van der Waals surface area contributed by atoms with Gasteiger partial charge in [0, 0.05) is 54.7 Å². The van der Waals surface area contributed by atoms with Crippen molar-refractivity contribution in [2.45, 2.75) is 32.9 Å². The standard InChI is InChI=1S/C25H28ClN5O3/c1-25(2,3)34-24(33)30-14-12-29(13-15-30)21(32)16-31-17-28-22(18-4-6-20(26)7-5-18)23(31)19-8-10-27-11-9-19/h4-11,17H,12-16H2,1-3H3. The van der Waals surface area contributed by atoms with E-state index in [0.29, 0.717) is 31.2 Å². The van der Waals surface area contributed by atoms with Gasteiger partial charge in [0.1, 0.15) is 12.1 Å². The van der Waals surface area contributed by atoms with Crippen LogP contribution in [-0.4, -0.2) is 68.1 Å². The number of pyridine rings is 1. The van der Waals surface area contributed by atoms with Crippen molar-refractivity contribution in [3.63, 3.8) is 0 Å². The fraction of sp³-hybridized carbons (Fsp3) is 0.360.